The van der Waals surface area contributed by atoms with E-state index in [9.17, 15) is 4.79 Å². The van der Waals surface area contributed by atoms with Crippen molar-refractivity contribution in [3.05, 3.63) is 0 Å². The molecule has 0 radical (unpaired) electrons. The maximum Gasteiger partial charge on any atom is 0.223 e. The van der Waals surface area contributed by atoms with Crippen molar-refractivity contribution in [3.8, 4) is 0 Å². The van der Waals surface area contributed by atoms with Crippen LogP contribution in [-0.4, -0.2) is 23.5 Å². The quantitative estimate of drug-likeness (QED) is 0.264. The average molecular weight is 199 g/mol. The summed E-state index contributed by atoms with van der Waals surface area (Å²) in [6, 6.07) is 0. The first-order valence-corrected chi connectivity index (χ1v) is 4.89. The smallest absolute Gasteiger partial charge is 0.223 e. The number of rotatable bonds is 3. The molecule has 0 aliphatic heterocycles. The summed E-state index contributed by atoms with van der Waals surface area (Å²) in [5, 5.41) is 13.7. The molecular formula is C9H17N3O2. The minimum atomic E-state index is 0.0154. The van der Waals surface area contributed by atoms with Crippen LogP contribution >= 0.6 is 0 Å². The molecule has 0 aromatic rings. The fourth-order valence-corrected chi connectivity index (χ4v) is 1.88. The van der Waals surface area contributed by atoms with Crippen molar-refractivity contribution >= 4 is 11.7 Å². The zero-order valence-electron chi connectivity index (χ0n) is 8.36. The summed E-state index contributed by atoms with van der Waals surface area (Å²) in [5.41, 5.74) is 5.24. The molecule has 4 N–H and O–H groups in total. The van der Waals surface area contributed by atoms with Gasteiger partial charge in [-0.15, -0.1) is 0 Å². The topological polar surface area (TPSA) is 87.7 Å². The lowest BCUT2D eigenvalue weighted by molar-refractivity contribution is -0.125. The third-order valence-electron chi connectivity index (χ3n) is 2.77. The van der Waals surface area contributed by atoms with E-state index in [2.05, 4.69) is 17.4 Å². The monoisotopic (exact) mass is 199 g/mol. The highest BCUT2D eigenvalue weighted by molar-refractivity contribution is 5.87. The molecule has 1 rings (SSSR count). The van der Waals surface area contributed by atoms with Crippen LogP contribution in [0.25, 0.3) is 0 Å². The Morgan fingerprint density at radius 1 is 1.64 bits per heavy atom. The molecule has 14 heavy (non-hydrogen) atoms. The van der Waals surface area contributed by atoms with E-state index < -0.39 is 0 Å². The molecule has 2 unspecified atom stereocenters. The van der Waals surface area contributed by atoms with Crippen LogP contribution < -0.4 is 11.1 Å². The van der Waals surface area contributed by atoms with Crippen LogP contribution in [0.15, 0.2) is 5.16 Å². The maximum atomic E-state index is 11.6. The lowest BCUT2D eigenvalue weighted by Gasteiger charge is -2.14. The molecule has 0 aromatic carbocycles. The van der Waals surface area contributed by atoms with Crippen LogP contribution in [0.4, 0.5) is 0 Å². The van der Waals surface area contributed by atoms with Gasteiger partial charge in [0.15, 0.2) is 5.84 Å². The summed E-state index contributed by atoms with van der Waals surface area (Å²) in [6.07, 6.45) is 3.17. The Bertz CT molecular complexity index is 240. The van der Waals surface area contributed by atoms with Gasteiger partial charge < -0.3 is 16.3 Å². The SMILES string of the molecule is CC1CCCC1C(=O)NCC(N)=NO. The number of carbonyl (C=O) groups excluding carboxylic acids is 1. The molecule has 1 fully saturated rings. The number of oxime groups is 1. The summed E-state index contributed by atoms with van der Waals surface area (Å²) in [4.78, 5) is 11.6. The fourth-order valence-electron chi connectivity index (χ4n) is 1.88. The Hall–Kier alpha value is -1.26. The first-order valence-electron chi connectivity index (χ1n) is 4.89. The molecule has 0 bridgehead atoms. The minimum absolute atomic E-state index is 0.0154. The van der Waals surface area contributed by atoms with Gasteiger partial charge in [-0.25, -0.2) is 0 Å². The van der Waals surface area contributed by atoms with Gasteiger partial charge in [0.1, 0.15) is 0 Å². The molecule has 0 heterocycles. The van der Waals surface area contributed by atoms with Gasteiger partial charge in [-0.2, -0.15) is 0 Å². The number of nitrogens with zero attached hydrogens (tertiary/aromatic N) is 1. The van der Waals surface area contributed by atoms with E-state index >= 15 is 0 Å². The van der Waals surface area contributed by atoms with Crippen LogP contribution in [0.5, 0.6) is 0 Å². The van der Waals surface area contributed by atoms with Crippen molar-refractivity contribution in [2.75, 3.05) is 6.54 Å². The number of nitrogens with two attached hydrogens (primary N) is 1. The van der Waals surface area contributed by atoms with Gasteiger partial charge in [0.05, 0.1) is 6.54 Å². The molecule has 1 saturated carbocycles. The molecule has 0 saturated heterocycles. The highest BCUT2D eigenvalue weighted by Gasteiger charge is 2.29. The largest absolute Gasteiger partial charge is 0.409 e. The Morgan fingerprint density at radius 2 is 2.36 bits per heavy atom. The Balaban J connectivity index is 2.35. The molecule has 5 heteroatoms. The number of amides is 1. The summed E-state index contributed by atoms with van der Waals surface area (Å²) in [7, 11) is 0. The second kappa shape index (κ2) is 4.83. The van der Waals surface area contributed by atoms with Crippen molar-refractivity contribution in [1.82, 2.24) is 5.32 Å². The second-order valence-corrected chi connectivity index (χ2v) is 3.82. The van der Waals surface area contributed by atoms with Crippen LogP contribution in [-0.2, 0) is 4.79 Å². The van der Waals surface area contributed by atoms with Crippen molar-refractivity contribution < 1.29 is 10.0 Å². The summed E-state index contributed by atoms with van der Waals surface area (Å²) >= 11 is 0. The average Bonchev–Trinajstić information content (AvgIpc) is 2.60. The number of hydrogen-bond donors (Lipinski definition) is 3. The summed E-state index contributed by atoms with van der Waals surface area (Å²) < 4.78 is 0. The first kappa shape index (κ1) is 10.8. The van der Waals surface area contributed by atoms with Crippen molar-refractivity contribution in [3.63, 3.8) is 0 Å². The van der Waals surface area contributed by atoms with Crippen molar-refractivity contribution in [1.29, 1.82) is 0 Å². The third kappa shape index (κ3) is 2.61. The first-order chi connectivity index (χ1) is 6.65. The predicted molar refractivity (Wildman–Crippen MR) is 52.9 cm³/mol. The number of carbonyl (C=O) groups is 1. The van der Waals surface area contributed by atoms with Crippen LogP contribution in [0.3, 0.4) is 0 Å². The van der Waals surface area contributed by atoms with Gasteiger partial charge in [0, 0.05) is 5.92 Å². The van der Waals surface area contributed by atoms with Crippen LogP contribution in [0, 0.1) is 11.8 Å². The zero-order valence-corrected chi connectivity index (χ0v) is 8.36. The van der Waals surface area contributed by atoms with Crippen molar-refractivity contribution in [2.24, 2.45) is 22.7 Å². The van der Waals surface area contributed by atoms with E-state index in [0.29, 0.717) is 5.92 Å². The van der Waals surface area contributed by atoms with Gasteiger partial charge in [0.2, 0.25) is 5.91 Å². The van der Waals surface area contributed by atoms with Gasteiger partial charge in [0.25, 0.3) is 0 Å². The summed E-state index contributed by atoms with van der Waals surface area (Å²) in [5.74, 6) is 0.592. The molecule has 1 amide bonds. The van der Waals surface area contributed by atoms with Gasteiger partial charge in [-0.1, -0.05) is 18.5 Å². The van der Waals surface area contributed by atoms with Gasteiger partial charge in [-0.3, -0.25) is 4.79 Å². The molecule has 5 nitrogen and oxygen atoms in total. The van der Waals surface area contributed by atoms with Gasteiger partial charge in [-0.05, 0) is 18.8 Å². The lowest BCUT2D eigenvalue weighted by Crippen LogP contribution is -2.38. The second-order valence-electron chi connectivity index (χ2n) is 3.82. The van der Waals surface area contributed by atoms with E-state index in [-0.39, 0.29) is 24.2 Å². The molecule has 1 aliphatic rings. The molecule has 80 valence electrons. The Labute approximate surface area is 83.3 Å². The molecule has 1 aliphatic carbocycles. The highest BCUT2D eigenvalue weighted by Crippen LogP contribution is 2.30. The van der Waals surface area contributed by atoms with E-state index in [0.717, 1.165) is 19.3 Å². The van der Waals surface area contributed by atoms with E-state index in [1.54, 1.807) is 0 Å². The minimum Gasteiger partial charge on any atom is -0.409 e. The summed E-state index contributed by atoms with van der Waals surface area (Å²) in [6.45, 7) is 2.21. The number of hydrogen-bond acceptors (Lipinski definition) is 3. The predicted octanol–water partition coefficient (Wildman–Crippen LogP) is 0.285. The third-order valence-corrected chi connectivity index (χ3v) is 2.77. The normalized spacial score (nSPS) is 27.6. The number of amidine groups is 1. The molecular weight excluding hydrogens is 182 g/mol. The van der Waals surface area contributed by atoms with E-state index in [1.807, 2.05) is 0 Å². The van der Waals surface area contributed by atoms with Crippen LogP contribution in [0.2, 0.25) is 0 Å². The van der Waals surface area contributed by atoms with Crippen LogP contribution in [0.1, 0.15) is 26.2 Å². The van der Waals surface area contributed by atoms with E-state index in [1.165, 1.54) is 0 Å². The Morgan fingerprint density at radius 3 is 2.86 bits per heavy atom. The van der Waals surface area contributed by atoms with E-state index in [4.69, 9.17) is 10.9 Å². The number of nitrogens with one attached hydrogen (secondary N) is 1. The molecule has 2 atom stereocenters. The zero-order chi connectivity index (χ0) is 10.6. The highest BCUT2D eigenvalue weighted by atomic mass is 16.4. The standard InChI is InChI=1S/C9H17N3O2/c1-6-3-2-4-7(6)9(13)11-5-8(10)12-14/h6-7,14H,2-5H2,1H3,(H2,10,12)(H,11,13). The molecule has 0 aromatic heterocycles. The fraction of sp³-hybridized carbons (Fsp3) is 0.778. The van der Waals surface area contributed by atoms with Gasteiger partial charge >= 0.3 is 0 Å². The molecule has 0 spiro atoms. The lowest BCUT2D eigenvalue weighted by atomic mass is 9.97. The maximum absolute atomic E-state index is 11.6. The Kier molecular flexibility index (Phi) is 3.73. The van der Waals surface area contributed by atoms with Crippen molar-refractivity contribution in [2.45, 2.75) is 26.2 Å².